The Hall–Kier alpha value is -2.93. The average molecular weight is 408 g/mol. The van der Waals surface area contributed by atoms with Gasteiger partial charge in [-0.15, -0.1) is 0 Å². The molecule has 150 valence electrons. The number of hydrogen-bond acceptors (Lipinski definition) is 6. The normalized spacial score (nSPS) is 10.6. The van der Waals surface area contributed by atoms with E-state index in [9.17, 15) is 4.79 Å². The number of aromatic nitrogens is 3. The van der Waals surface area contributed by atoms with Crippen LogP contribution in [0.3, 0.4) is 0 Å². The van der Waals surface area contributed by atoms with Gasteiger partial charge in [-0.1, -0.05) is 36.9 Å². The van der Waals surface area contributed by atoms with Gasteiger partial charge < -0.3 is 10.2 Å². The molecule has 29 heavy (non-hydrogen) atoms. The Labute approximate surface area is 175 Å². The molecule has 2 heterocycles. The number of anilines is 1. The van der Waals surface area contributed by atoms with Crippen LogP contribution in [0.25, 0.3) is 0 Å². The lowest BCUT2D eigenvalue weighted by Gasteiger charge is -2.13. The Morgan fingerprint density at radius 2 is 1.93 bits per heavy atom. The first kappa shape index (κ1) is 20.8. The fourth-order valence-corrected chi connectivity index (χ4v) is 3.48. The van der Waals surface area contributed by atoms with Gasteiger partial charge in [-0.25, -0.2) is 9.97 Å². The summed E-state index contributed by atoms with van der Waals surface area (Å²) < 4.78 is 0. The third kappa shape index (κ3) is 6.02. The van der Waals surface area contributed by atoms with Crippen molar-refractivity contribution in [3.8, 4) is 0 Å². The van der Waals surface area contributed by atoms with Crippen molar-refractivity contribution in [2.24, 2.45) is 0 Å². The Kier molecular flexibility index (Phi) is 7.19. The third-order valence-corrected chi connectivity index (χ3v) is 5.20. The molecule has 0 aliphatic carbocycles. The molecule has 0 saturated carbocycles. The van der Waals surface area contributed by atoms with E-state index in [2.05, 4.69) is 27.2 Å². The quantitative estimate of drug-likeness (QED) is 0.453. The smallest absolute Gasteiger partial charge is 0.251 e. The van der Waals surface area contributed by atoms with Gasteiger partial charge >= 0.3 is 0 Å². The number of nitrogens with one attached hydrogen (secondary N) is 1. The van der Waals surface area contributed by atoms with E-state index in [1.807, 2.05) is 67.5 Å². The largest absolute Gasteiger partial charge is 0.363 e. The van der Waals surface area contributed by atoms with Crippen LogP contribution in [0.15, 0.2) is 59.9 Å². The molecule has 0 radical (unpaired) electrons. The van der Waals surface area contributed by atoms with Crippen molar-refractivity contribution in [3.05, 3.63) is 77.2 Å². The molecule has 1 aromatic carbocycles. The van der Waals surface area contributed by atoms with Crippen molar-refractivity contribution < 1.29 is 4.79 Å². The Balaban J connectivity index is 1.64. The lowest BCUT2D eigenvalue weighted by atomic mass is 10.1. The highest BCUT2D eigenvalue weighted by Crippen LogP contribution is 2.23. The summed E-state index contributed by atoms with van der Waals surface area (Å²) in [6.07, 6.45) is 2.58. The molecule has 2 aromatic heterocycles. The van der Waals surface area contributed by atoms with E-state index >= 15 is 0 Å². The van der Waals surface area contributed by atoms with Crippen LogP contribution in [0.5, 0.6) is 0 Å². The van der Waals surface area contributed by atoms with Gasteiger partial charge in [-0.2, -0.15) is 0 Å². The molecule has 0 fully saturated rings. The molecular formula is C22H25N5OS. The van der Waals surface area contributed by atoms with Crippen LogP contribution in [0, 0.1) is 0 Å². The number of rotatable bonds is 8. The molecule has 3 rings (SSSR count). The van der Waals surface area contributed by atoms with Crippen molar-refractivity contribution >= 4 is 23.5 Å². The Morgan fingerprint density at radius 1 is 1.07 bits per heavy atom. The van der Waals surface area contributed by atoms with Gasteiger partial charge in [0.2, 0.25) is 0 Å². The molecule has 3 aromatic rings. The predicted octanol–water partition coefficient (Wildman–Crippen LogP) is 3.72. The van der Waals surface area contributed by atoms with E-state index in [-0.39, 0.29) is 5.91 Å². The third-order valence-electron chi connectivity index (χ3n) is 4.28. The fraction of sp³-hybridized carbons (Fsp3) is 0.273. The number of hydrogen-bond donors (Lipinski definition) is 1. The first-order valence-electron chi connectivity index (χ1n) is 9.50. The first-order chi connectivity index (χ1) is 14.0. The zero-order chi connectivity index (χ0) is 20.6. The van der Waals surface area contributed by atoms with Gasteiger partial charge in [-0.05, 0) is 36.2 Å². The summed E-state index contributed by atoms with van der Waals surface area (Å²) in [6.45, 7) is 2.49. The highest BCUT2D eigenvalue weighted by atomic mass is 32.2. The van der Waals surface area contributed by atoms with Crippen molar-refractivity contribution in [1.29, 1.82) is 0 Å². The zero-order valence-corrected chi connectivity index (χ0v) is 17.7. The molecule has 7 heteroatoms. The number of benzene rings is 1. The van der Waals surface area contributed by atoms with Gasteiger partial charge in [-0.3, -0.25) is 9.78 Å². The molecule has 0 aliphatic rings. The molecule has 0 unspecified atom stereocenters. The van der Waals surface area contributed by atoms with E-state index in [0.29, 0.717) is 17.9 Å². The van der Waals surface area contributed by atoms with Crippen LogP contribution in [-0.2, 0) is 18.7 Å². The number of pyridine rings is 1. The lowest BCUT2D eigenvalue weighted by Crippen LogP contribution is -2.23. The Morgan fingerprint density at radius 3 is 2.66 bits per heavy atom. The minimum absolute atomic E-state index is 0.110. The van der Waals surface area contributed by atoms with Gasteiger partial charge in [0.25, 0.3) is 5.91 Å². The molecule has 0 saturated heterocycles. The number of amides is 1. The second-order valence-electron chi connectivity index (χ2n) is 6.74. The zero-order valence-electron chi connectivity index (χ0n) is 16.9. The molecule has 1 N–H and O–H groups in total. The number of carbonyl (C=O) groups is 1. The number of carbonyl (C=O) groups excluding carboxylic acids is 1. The summed E-state index contributed by atoms with van der Waals surface area (Å²) in [5.41, 5.74) is 3.54. The van der Waals surface area contributed by atoms with E-state index < -0.39 is 0 Å². The van der Waals surface area contributed by atoms with Crippen LogP contribution in [0.2, 0.25) is 0 Å². The van der Waals surface area contributed by atoms with Crippen LogP contribution in [0.1, 0.15) is 34.2 Å². The summed E-state index contributed by atoms with van der Waals surface area (Å²) >= 11 is 1.57. The SMILES string of the molecule is CCc1cc(N(C)C)nc(SCc2cccc(C(=O)NCc3ccccn3)c2)n1. The van der Waals surface area contributed by atoms with Crippen molar-refractivity contribution in [2.45, 2.75) is 30.8 Å². The number of aryl methyl sites for hydroxylation is 1. The van der Waals surface area contributed by atoms with Crippen molar-refractivity contribution in [1.82, 2.24) is 20.3 Å². The fourth-order valence-electron chi connectivity index (χ4n) is 2.66. The van der Waals surface area contributed by atoms with E-state index in [0.717, 1.165) is 34.3 Å². The summed E-state index contributed by atoms with van der Waals surface area (Å²) in [5, 5.41) is 3.66. The molecule has 1 amide bonds. The second-order valence-corrected chi connectivity index (χ2v) is 7.68. The minimum atomic E-state index is -0.110. The topological polar surface area (TPSA) is 71.0 Å². The van der Waals surface area contributed by atoms with Crippen LogP contribution >= 0.6 is 11.8 Å². The van der Waals surface area contributed by atoms with Crippen LogP contribution in [-0.4, -0.2) is 35.0 Å². The van der Waals surface area contributed by atoms with Gasteiger partial charge in [0, 0.05) is 43.4 Å². The highest BCUT2D eigenvalue weighted by Gasteiger charge is 2.09. The summed E-state index contributed by atoms with van der Waals surface area (Å²) in [6, 6.07) is 15.3. The molecule has 0 spiro atoms. The van der Waals surface area contributed by atoms with Crippen molar-refractivity contribution in [3.63, 3.8) is 0 Å². The molecule has 0 bridgehead atoms. The monoisotopic (exact) mass is 407 g/mol. The maximum absolute atomic E-state index is 12.5. The predicted molar refractivity (Wildman–Crippen MR) is 117 cm³/mol. The molecule has 6 nitrogen and oxygen atoms in total. The minimum Gasteiger partial charge on any atom is -0.363 e. The molecular weight excluding hydrogens is 382 g/mol. The van der Waals surface area contributed by atoms with Crippen LogP contribution in [0.4, 0.5) is 5.82 Å². The maximum atomic E-state index is 12.5. The molecule has 0 aliphatic heterocycles. The Bertz CT molecular complexity index is 962. The van der Waals surface area contributed by atoms with Gasteiger partial charge in [0.15, 0.2) is 5.16 Å². The average Bonchev–Trinajstić information content (AvgIpc) is 2.76. The lowest BCUT2D eigenvalue weighted by molar-refractivity contribution is 0.0950. The second kappa shape index (κ2) is 10.0. The van der Waals surface area contributed by atoms with Crippen molar-refractivity contribution in [2.75, 3.05) is 19.0 Å². The molecule has 0 atom stereocenters. The van der Waals surface area contributed by atoms with E-state index in [1.165, 1.54) is 0 Å². The standard InChI is InChI=1S/C22H25N5OS/c1-4-18-13-20(27(2)3)26-22(25-18)29-15-16-8-7-9-17(12-16)21(28)24-14-19-10-5-6-11-23-19/h5-13H,4,14-15H2,1-3H3,(H,24,28). The summed E-state index contributed by atoms with van der Waals surface area (Å²) in [4.78, 5) is 27.9. The summed E-state index contributed by atoms with van der Waals surface area (Å²) in [5.74, 6) is 1.49. The number of nitrogens with zero attached hydrogens (tertiary/aromatic N) is 4. The van der Waals surface area contributed by atoms with Gasteiger partial charge in [0.05, 0.1) is 12.2 Å². The highest BCUT2D eigenvalue weighted by molar-refractivity contribution is 7.98. The first-order valence-corrected chi connectivity index (χ1v) is 10.5. The maximum Gasteiger partial charge on any atom is 0.251 e. The van der Waals surface area contributed by atoms with E-state index in [1.54, 1.807) is 18.0 Å². The number of thioether (sulfide) groups is 1. The summed E-state index contributed by atoms with van der Waals surface area (Å²) in [7, 11) is 3.95. The van der Waals surface area contributed by atoms with E-state index in [4.69, 9.17) is 0 Å². The van der Waals surface area contributed by atoms with Crippen LogP contribution < -0.4 is 10.2 Å². The van der Waals surface area contributed by atoms with Gasteiger partial charge in [0.1, 0.15) is 5.82 Å².